The highest BCUT2D eigenvalue weighted by Gasteiger charge is 2.47. The number of amides is 1. The Morgan fingerprint density at radius 2 is 2.18 bits per heavy atom. The maximum atomic E-state index is 13.7. The largest absolute Gasteiger partial charge is 0.466 e. The Labute approximate surface area is 131 Å². The number of hydrogen-bond acceptors (Lipinski definition) is 3. The summed E-state index contributed by atoms with van der Waals surface area (Å²) in [6.45, 7) is -0.0608. The van der Waals surface area contributed by atoms with Gasteiger partial charge in [-0.2, -0.15) is 0 Å². The van der Waals surface area contributed by atoms with Crippen LogP contribution in [0, 0.1) is 11.7 Å². The van der Waals surface area contributed by atoms with E-state index in [1.54, 1.807) is 12.1 Å². The summed E-state index contributed by atoms with van der Waals surface area (Å²) in [4.78, 5) is 12.2. The Morgan fingerprint density at radius 3 is 2.77 bits per heavy atom. The van der Waals surface area contributed by atoms with Crippen LogP contribution in [0.1, 0.15) is 29.0 Å². The smallest absolute Gasteiger partial charge is 0.255 e. The van der Waals surface area contributed by atoms with Crippen molar-refractivity contribution in [2.75, 3.05) is 6.54 Å². The number of rotatable bonds is 5. The third-order valence-corrected chi connectivity index (χ3v) is 4.22. The molecule has 1 fully saturated rings. The van der Waals surface area contributed by atoms with Crippen LogP contribution in [0.3, 0.4) is 0 Å². The summed E-state index contributed by atoms with van der Waals surface area (Å²) in [5.41, 5.74) is -1.50. The fraction of sp³-hybridized carbons (Fsp3) is 0.312. The summed E-state index contributed by atoms with van der Waals surface area (Å²) < 4.78 is 19.0. The van der Waals surface area contributed by atoms with Gasteiger partial charge in [-0.05, 0) is 43.0 Å². The van der Waals surface area contributed by atoms with Crippen LogP contribution in [0.5, 0.6) is 0 Å². The van der Waals surface area contributed by atoms with Gasteiger partial charge in [-0.3, -0.25) is 4.79 Å². The molecule has 3 rings (SSSR count). The van der Waals surface area contributed by atoms with Crippen LogP contribution in [0.4, 0.5) is 4.39 Å². The van der Waals surface area contributed by atoms with Gasteiger partial charge in [0.2, 0.25) is 0 Å². The third kappa shape index (κ3) is 2.74. The van der Waals surface area contributed by atoms with Crippen LogP contribution in [0.2, 0.25) is 5.02 Å². The maximum Gasteiger partial charge on any atom is 0.255 e. The van der Waals surface area contributed by atoms with Crippen molar-refractivity contribution in [3.05, 3.63) is 58.8 Å². The van der Waals surface area contributed by atoms with Crippen LogP contribution >= 0.6 is 11.6 Å². The first-order valence-electron chi connectivity index (χ1n) is 7.01. The Kier molecular flexibility index (Phi) is 3.93. The lowest BCUT2D eigenvalue weighted by Crippen LogP contribution is -2.42. The Hall–Kier alpha value is -1.85. The van der Waals surface area contributed by atoms with Gasteiger partial charge in [0.25, 0.3) is 5.91 Å². The molecule has 0 radical (unpaired) electrons. The molecule has 0 aliphatic heterocycles. The van der Waals surface area contributed by atoms with Gasteiger partial charge in [0.1, 0.15) is 17.2 Å². The summed E-state index contributed by atoms with van der Waals surface area (Å²) in [6, 6.07) is 7.39. The van der Waals surface area contributed by atoms with Crippen LogP contribution in [0.15, 0.2) is 41.0 Å². The lowest BCUT2D eigenvalue weighted by molar-refractivity contribution is -0.00614. The van der Waals surface area contributed by atoms with Crippen LogP contribution in [-0.2, 0) is 5.60 Å². The fourth-order valence-electron chi connectivity index (χ4n) is 2.54. The van der Waals surface area contributed by atoms with Gasteiger partial charge < -0.3 is 14.8 Å². The average Bonchev–Trinajstić information content (AvgIpc) is 3.20. The third-order valence-electron chi connectivity index (χ3n) is 3.91. The van der Waals surface area contributed by atoms with Crippen molar-refractivity contribution < 1.29 is 18.7 Å². The normalized spacial score (nSPS) is 17.0. The molecule has 1 unspecified atom stereocenters. The molecule has 1 aliphatic carbocycles. The molecule has 1 saturated carbocycles. The van der Waals surface area contributed by atoms with Crippen LogP contribution < -0.4 is 5.32 Å². The zero-order valence-corrected chi connectivity index (χ0v) is 12.4. The van der Waals surface area contributed by atoms with Gasteiger partial charge >= 0.3 is 0 Å². The second-order valence-corrected chi connectivity index (χ2v) is 5.86. The Balaban J connectivity index is 1.77. The first-order valence-corrected chi connectivity index (χ1v) is 7.39. The van der Waals surface area contributed by atoms with Gasteiger partial charge in [-0.25, -0.2) is 4.39 Å². The van der Waals surface area contributed by atoms with E-state index < -0.39 is 17.3 Å². The minimum Gasteiger partial charge on any atom is -0.466 e. The van der Waals surface area contributed by atoms with Gasteiger partial charge in [0.15, 0.2) is 0 Å². The predicted molar refractivity (Wildman–Crippen MR) is 79.1 cm³/mol. The molecule has 0 spiro atoms. The van der Waals surface area contributed by atoms with Gasteiger partial charge in [-0.1, -0.05) is 17.7 Å². The van der Waals surface area contributed by atoms with E-state index >= 15 is 0 Å². The number of benzene rings is 1. The zero-order valence-electron chi connectivity index (χ0n) is 11.7. The molecular formula is C16H15ClFNO3. The van der Waals surface area contributed by atoms with E-state index in [1.165, 1.54) is 24.5 Å². The minimum absolute atomic E-state index is 0.0232. The molecule has 1 heterocycles. The van der Waals surface area contributed by atoms with E-state index in [-0.39, 0.29) is 23.0 Å². The molecule has 4 nitrogen and oxygen atoms in total. The molecule has 1 amide bonds. The standard InChI is InChI=1S/C16H15ClFNO3/c17-11-3-1-4-12(18)14(11)15(20)19-9-16(21,10-6-7-10)13-5-2-8-22-13/h1-5,8,10,21H,6-7,9H2,(H,19,20). The molecule has 22 heavy (non-hydrogen) atoms. The van der Waals surface area contributed by atoms with E-state index in [0.29, 0.717) is 5.76 Å². The molecule has 1 aromatic carbocycles. The van der Waals surface area contributed by atoms with Crippen molar-refractivity contribution >= 4 is 17.5 Å². The van der Waals surface area contributed by atoms with Crippen molar-refractivity contribution in [1.82, 2.24) is 5.32 Å². The fourth-order valence-corrected chi connectivity index (χ4v) is 2.79. The maximum absolute atomic E-state index is 13.7. The molecule has 0 bridgehead atoms. The molecule has 2 aromatic rings. The second kappa shape index (κ2) is 5.74. The molecular weight excluding hydrogens is 309 g/mol. The zero-order chi connectivity index (χ0) is 15.7. The first kappa shape index (κ1) is 15.1. The highest BCUT2D eigenvalue weighted by atomic mass is 35.5. The highest BCUT2D eigenvalue weighted by molar-refractivity contribution is 6.33. The van der Waals surface area contributed by atoms with Crippen molar-refractivity contribution in [3.8, 4) is 0 Å². The van der Waals surface area contributed by atoms with E-state index in [9.17, 15) is 14.3 Å². The number of carbonyl (C=O) groups excluding carboxylic acids is 1. The SMILES string of the molecule is O=C(NCC(O)(c1ccco1)C1CC1)c1c(F)cccc1Cl. The number of furan rings is 1. The van der Waals surface area contributed by atoms with Crippen molar-refractivity contribution in [2.24, 2.45) is 5.92 Å². The number of carbonyl (C=O) groups is 1. The Bertz CT molecular complexity index is 664. The minimum atomic E-state index is -1.28. The summed E-state index contributed by atoms with van der Waals surface area (Å²) in [5.74, 6) is -0.934. The molecule has 0 saturated heterocycles. The second-order valence-electron chi connectivity index (χ2n) is 5.46. The van der Waals surface area contributed by atoms with Crippen molar-refractivity contribution in [2.45, 2.75) is 18.4 Å². The molecule has 1 aromatic heterocycles. The molecule has 2 N–H and O–H groups in total. The van der Waals surface area contributed by atoms with Gasteiger partial charge in [-0.15, -0.1) is 0 Å². The molecule has 116 valence electrons. The van der Waals surface area contributed by atoms with E-state index in [1.807, 2.05) is 0 Å². The number of hydrogen-bond donors (Lipinski definition) is 2. The van der Waals surface area contributed by atoms with Crippen molar-refractivity contribution in [3.63, 3.8) is 0 Å². The average molecular weight is 324 g/mol. The number of halogens is 2. The first-order chi connectivity index (χ1) is 10.5. The van der Waals surface area contributed by atoms with Crippen molar-refractivity contribution in [1.29, 1.82) is 0 Å². The molecule has 6 heteroatoms. The van der Waals surface area contributed by atoms with Gasteiger partial charge in [0.05, 0.1) is 23.4 Å². The molecule has 1 aliphatic rings. The van der Waals surface area contributed by atoms with E-state index in [2.05, 4.69) is 5.32 Å². The van der Waals surface area contributed by atoms with E-state index in [0.717, 1.165) is 12.8 Å². The lowest BCUT2D eigenvalue weighted by Gasteiger charge is -2.26. The highest BCUT2D eigenvalue weighted by Crippen LogP contribution is 2.45. The van der Waals surface area contributed by atoms with Crippen LogP contribution in [-0.4, -0.2) is 17.6 Å². The lowest BCUT2D eigenvalue weighted by atomic mass is 9.94. The quantitative estimate of drug-likeness (QED) is 0.888. The Morgan fingerprint density at radius 1 is 1.41 bits per heavy atom. The number of nitrogens with one attached hydrogen (secondary N) is 1. The summed E-state index contributed by atoms with van der Waals surface area (Å²) in [5, 5.41) is 13.4. The summed E-state index contributed by atoms with van der Waals surface area (Å²) >= 11 is 5.87. The van der Waals surface area contributed by atoms with E-state index in [4.69, 9.17) is 16.0 Å². The van der Waals surface area contributed by atoms with Crippen LogP contribution in [0.25, 0.3) is 0 Å². The monoisotopic (exact) mass is 323 g/mol. The van der Waals surface area contributed by atoms with Gasteiger partial charge in [0, 0.05) is 0 Å². The number of aliphatic hydroxyl groups is 1. The topological polar surface area (TPSA) is 62.5 Å². The molecule has 1 atom stereocenters. The summed E-state index contributed by atoms with van der Waals surface area (Å²) in [6.07, 6.45) is 3.18. The summed E-state index contributed by atoms with van der Waals surface area (Å²) in [7, 11) is 0. The predicted octanol–water partition coefficient (Wildman–Crippen LogP) is 3.10.